The second kappa shape index (κ2) is 6.41. The summed E-state index contributed by atoms with van der Waals surface area (Å²) in [5, 5.41) is 4.35. The van der Waals surface area contributed by atoms with Gasteiger partial charge in [0.25, 0.3) is 0 Å². The minimum absolute atomic E-state index is 0.379. The van der Waals surface area contributed by atoms with Gasteiger partial charge in [0.15, 0.2) is 0 Å². The average Bonchev–Trinajstić information content (AvgIpc) is 2.18. The van der Waals surface area contributed by atoms with Gasteiger partial charge in [0.1, 0.15) is 0 Å². The Hall–Kier alpha value is -0.180. The van der Waals surface area contributed by atoms with Crippen molar-refractivity contribution in [3.63, 3.8) is 0 Å². The molecule has 84 valence electrons. The molecule has 0 saturated heterocycles. The van der Waals surface area contributed by atoms with E-state index in [4.69, 9.17) is 11.6 Å². The summed E-state index contributed by atoms with van der Waals surface area (Å²) < 4.78 is 0. The molecule has 0 aromatic heterocycles. The quantitative estimate of drug-likeness (QED) is 0.846. The van der Waals surface area contributed by atoms with Crippen LogP contribution in [-0.4, -0.2) is 18.1 Å². The average molecular weight is 244 g/mol. The van der Waals surface area contributed by atoms with Gasteiger partial charge >= 0.3 is 0 Å². The Balaban J connectivity index is 2.53. The van der Waals surface area contributed by atoms with Crippen LogP contribution >= 0.6 is 23.4 Å². The van der Waals surface area contributed by atoms with Gasteiger partial charge in [-0.1, -0.05) is 23.7 Å². The summed E-state index contributed by atoms with van der Waals surface area (Å²) in [6.45, 7) is 4.39. The molecule has 0 spiro atoms. The highest BCUT2D eigenvalue weighted by Crippen LogP contribution is 2.16. The first kappa shape index (κ1) is 12.9. The van der Waals surface area contributed by atoms with Crippen molar-refractivity contribution in [3.8, 4) is 0 Å². The fourth-order valence-corrected chi connectivity index (χ4v) is 2.29. The molecule has 3 heteroatoms. The van der Waals surface area contributed by atoms with E-state index in [2.05, 4.69) is 37.6 Å². The van der Waals surface area contributed by atoms with Crippen molar-refractivity contribution in [1.29, 1.82) is 0 Å². The number of nitrogens with one attached hydrogen (secondary N) is 1. The zero-order valence-electron chi connectivity index (χ0n) is 9.46. The summed E-state index contributed by atoms with van der Waals surface area (Å²) in [5.74, 6) is 1.14. The topological polar surface area (TPSA) is 12.0 Å². The maximum atomic E-state index is 5.85. The molecule has 0 aliphatic heterocycles. The Kier molecular flexibility index (Phi) is 5.51. The number of halogens is 1. The molecule has 1 rings (SSSR count). The standard InChI is InChI=1S/C12H18ClNS/c1-9(8-15-3)14-10(2)11-4-6-12(13)7-5-11/h4-7,9-10,14H,8H2,1-3H3. The van der Waals surface area contributed by atoms with E-state index in [0.29, 0.717) is 12.1 Å². The monoisotopic (exact) mass is 243 g/mol. The fourth-order valence-electron chi connectivity index (χ4n) is 1.57. The van der Waals surface area contributed by atoms with E-state index in [1.165, 1.54) is 5.56 Å². The first-order valence-electron chi connectivity index (χ1n) is 5.14. The molecule has 0 radical (unpaired) electrons. The highest BCUT2D eigenvalue weighted by molar-refractivity contribution is 7.98. The number of hydrogen-bond acceptors (Lipinski definition) is 2. The van der Waals surface area contributed by atoms with Crippen molar-refractivity contribution in [3.05, 3.63) is 34.9 Å². The van der Waals surface area contributed by atoms with Crippen LogP contribution in [0.25, 0.3) is 0 Å². The Bertz CT molecular complexity index is 286. The lowest BCUT2D eigenvalue weighted by molar-refractivity contribution is 0.511. The van der Waals surface area contributed by atoms with Gasteiger partial charge in [-0.15, -0.1) is 0 Å². The molecule has 1 nitrogen and oxygen atoms in total. The number of hydrogen-bond donors (Lipinski definition) is 1. The number of thioether (sulfide) groups is 1. The van der Waals surface area contributed by atoms with Crippen LogP contribution in [-0.2, 0) is 0 Å². The Morgan fingerprint density at radius 2 is 1.87 bits per heavy atom. The van der Waals surface area contributed by atoms with Crippen LogP contribution < -0.4 is 5.32 Å². The van der Waals surface area contributed by atoms with E-state index in [9.17, 15) is 0 Å². The summed E-state index contributed by atoms with van der Waals surface area (Å²) >= 11 is 7.71. The van der Waals surface area contributed by atoms with Crippen LogP contribution in [0, 0.1) is 0 Å². The predicted octanol–water partition coefficient (Wildman–Crippen LogP) is 3.74. The molecular formula is C12H18ClNS. The normalized spacial score (nSPS) is 14.9. The Morgan fingerprint density at radius 3 is 2.40 bits per heavy atom. The molecule has 0 aliphatic rings. The lowest BCUT2D eigenvalue weighted by Gasteiger charge is -2.19. The van der Waals surface area contributed by atoms with Gasteiger partial charge in [-0.25, -0.2) is 0 Å². The molecule has 1 N–H and O–H groups in total. The molecule has 2 atom stereocenters. The maximum Gasteiger partial charge on any atom is 0.0406 e. The number of rotatable bonds is 5. The van der Waals surface area contributed by atoms with Crippen molar-refractivity contribution < 1.29 is 0 Å². The largest absolute Gasteiger partial charge is 0.307 e. The van der Waals surface area contributed by atoms with E-state index in [1.54, 1.807) is 0 Å². The smallest absolute Gasteiger partial charge is 0.0406 e. The highest BCUT2D eigenvalue weighted by Gasteiger charge is 2.08. The van der Waals surface area contributed by atoms with Crippen LogP contribution in [0.5, 0.6) is 0 Å². The van der Waals surface area contributed by atoms with Crippen molar-refractivity contribution in [1.82, 2.24) is 5.32 Å². The minimum Gasteiger partial charge on any atom is -0.307 e. The summed E-state index contributed by atoms with van der Waals surface area (Å²) in [5.41, 5.74) is 1.28. The summed E-state index contributed by atoms with van der Waals surface area (Å²) in [4.78, 5) is 0. The molecule has 0 aliphatic carbocycles. The molecule has 2 unspecified atom stereocenters. The molecule has 15 heavy (non-hydrogen) atoms. The summed E-state index contributed by atoms with van der Waals surface area (Å²) in [6.07, 6.45) is 2.13. The molecule has 0 heterocycles. The molecule has 0 bridgehead atoms. The van der Waals surface area contributed by atoms with Gasteiger partial charge in [0, 0.05) is 22.9 Å². The molecule has 0 amide bonds. The third-order valence-corrected chi connectivity index (χ3v) is 3.41. The maximum absolute atomic E-state index is 5.85. The van der Waals surface area contributed by atoms with Gasteiger partial charge < -0.3 is 5.32 Å². The minimum atomic E-state index is 0.379. The van der Waals surface area contributed by atoms with Gasteiger partial charge in [0.2, 0.25) is 0 Å². The van der Waals surface area contributed by atoms with Gasteiger partial charge in [0.05, 0.1) is 0 Å². The van der Waals surface area contributed by atoms with E-state index < -0.39 is 0 Å². The molecule has 0 saturated carbocycles. The molecule has 1 aromatic rings. The van der Waals surface area contributed by atoms with Crippen LogP contribution in [0.15, 0.2) is 24.3 Å². The zero-order chi connectivity index (χ0) is 11.3. The van der Waals surface area contributed by atoms with Gasteiger partial charge in [-0.3, -0.25) is 0 Å². The lowest BCUT2D eigenvalue weighted by atomic mass is 10.1. The summed E-state index contributed by atoms with van der Waals surface area (Å²) in [6, 6.07) is 8.94. The van der Waals surface area contributed by atoms with Crippen LogP contribution in [0.3, 0.4) is 0 Å². The van der Waals surface area contributed by atoms with Crippen molar-refractivity contribution in [2.45, 2.75) is 25.9 Å². The van der Waals surface area contributed by atoms with Crippen molar-refractivity contribution in [2.24, 2.45) is 0 Å². The molecular weight excluding hydrogens is 226 g/mol. The first-order chi connectivity index (χ1) is 7.13. The molecule has 1 aromatic carbocycles. The lowest BCUT2D eigenvalue weighted by Crippen LogP contribution is -2.30. The Morgan fingerprint density at radius 1 is 1.27 bits per heavy atom. The van der Waals surface area contributed by atoms with E-state index in [-0.39, 0.29) is 0 Å². The van der Waals surface area contributed by atoms with Gasteiger partial charge in [-0.05, 0) is 37.8 Å². The van der Waals surface area contributed by atoms with E-state index >= 15 is 0 Å². The van der Waals surface area contributed by atoms with Crippen molar-refractivity contribution >= 4 is 23.4 Å². The predicted molar refractivity (Wildman–Crippen MR) is 70.8 cm³/mol. The first-order valence-corrected chi connectivity index (χ1v) is 6.91. The van der Waals surface area contributed by atoms with Crippen LogP contribution in [0.2, 0.25) is 5.02 Å². The fraction of sp³-hybridized carbons (Fsp3) is 0.500. The zero-order valence-corrected chi connectivity index (χ0v) is 11.0. The highest BCUT2D eigenvalue weighted by atomic mass is 35.5. The SMILES string of the molecule is CSCC(C)NC(C)c1ccc(Cl)cc1. The third kappa shape index (κ3) is 4.45. The third-order valence-electron chi connectivity index (χ3n) is 2.32. The van der Waals surface area contributed by atoms with Crippen LogP contribution in [0.4, 0.5) is 0 Å². The van der Waals surface area contributed by atoms with Gasteiger partial charge in [-0.2, -0.15) is 11.8 Å². The second-order valence-corrected chi connectivity index (χ2v) is 5.14. The second-order valence-electron chi connectivity index (χ2n) is 3.80. The molecule has 0 fully saturated rings. The van der Waals surface area contributed by atoms with Crippen molar-refractivity contribution in [2.75, 3.05) is 12.0 Å². The number of benzene rings is 1. The Labute approximate surface area is 102 Å². The van der Waals surface area contributed by atoms with Crippen LogP contribution in [0.1, 0.15) is 25.5 Å². The van der Waals surface area contributed by atoms with E-state index in [0.717, 1.165) is 10.8 Å². The van der Waals surface area contributed by atoms with E-state index in [1.807, 2.05) is 23.9 Å². The summed E-state index contributed by atoms with van der Waals surface area (Å²) in [7, 11) is 0.